The first-order valence-corrected chi connectivity index (χ1v) is 7.62. The highest BCUT2D eigenvalue weighted by molar-refractivity contribution is 5.78. The monoisotopic (exact) mass is 291 g/mol. The summed E-state index contributed by atoms with van der Waals surface area (Å²) < 4.78 is 1.47. The van der Waals surface area contributed by atoms with E-state index < -0.39 is 12.0 Å². The molecule has 6 nitrogen and oxygen atoms in total. The maximum Gasteiger partial charge on any atom is 0.326 e. The number of hydrogen-bond donors (Lipinski definition) is 1. The molecule has 1 aliphatic heterocycles. The van der Waals surface area contributed by atoms with E-state index in [4.69, 9.17) is 0 Å². The van der Waals surface area contributed by atoms with Crippen LogP contribution in [0, 0.1) is 5.92 Å². The average molecular weight is 291 g/mol. The molecule has 1 aliphatic carbocycles. The Morgan fingerprint density at radius 3 is 2.81 bits per heavy atom. The maximum atomic E-state index is 12.4. The highest BCUT2D eigenvalue weighted by Crippen LogP contribution is 2.39. The molecule has 1 aromatic rings. The lowest BCUT2D eigenvalue weighted by Crippen LogP contribution is -2.57. The molecule has 6 heteroatoms. The third-order valence-corrected chi connectivity index (χ3v) is 4.90. The van der Waals surface area contributed by atoms with Crippen molar-refractivity contribution in [2.75, 3.05) is 4.90 Å². The summed E-state index contributed by atoms with van der Waals surface area (Å²) in [7, 11) is 1.67. The molecule has 3 atom stereocenters. The van der Waals surface area contributed by atoms with Gasteiger partial charge in [-0.1, -0.05) is 12.8 Å². The van der Waals surface area contributed by atoms with Crippen molar-refractivity contribution in [3.63, 3.8) is 0 Å². The van der Waals surface area contributed by atoms with Gasteiger partial charge in [-0.25, -0.2) is 9.78 Å². The molecule has 21 heavy (non-hydrogen) atoms. The van der Waals surface area contributed by atoms with E-state index in [9.17, 15) is 14.7 Å². The predicted octanol–water partition coefficient (Wildman–Crippen LogP) is 1.39. The summed E-state index contributed by atoms with van der Waals surface area (Å²) >= 11 is 0. The summed E-state index contributed by atoms with van der Waals surface area (Å²) in [5.74, 6) is -0.0724. The highest BCUT2D eigenvalue weighted by atomic mass is 16.4. The van der Waals surface area contributed by atoms with Crippen LogP contribution in [0.4, 0.5) is 5.82 Å². The lowest BCUT2D eigenvalue weighted by molar-refractivity contribution is -0.139. The molecule has 0 radical (unpaired) electrons. The van der Waals surface area contributed by atoms with Crippen LogP contribution >= 0.6 is 0 Å². The Labute approximate surface area is 123 Å². The fourth-order valence-electron chi connectivity index (χ4n) is 3.84. The summed E-state index contributed by atoms with van der Waals surface area (Å²) in [5.41, 5.74) is -0.213. The molecular formula is C15H21N3O3. The van der Waals surface area contributed by atoms with E-state index in [0.717, 1.165) is 25.7 Å². The summed E-state index contributed by atoms with van der Waals surface area (Å²) in [5, 5.41) is 9.54. The molecule has 3 unspecified atom stereocenters. The molecule has 2 fully saturated rings. The number of aryl methyl sites for hydroxylation is 1. The van der Waals surface area contributed by atoms with Crippen LogP contribution in [0.15, 0.2) is 17.2 Å². The first-order chi connectivity index (χ1) is 10.1. The second kappa shape index (κ2) is 5.50. The van der Waals surface area contributed by atoms with Crippen molar-refractivity contribution < 1.29 is 9.90 Å². The number of nitrogens with zero attached hydrogens (tertiary/aromatic N) is 3. The molecule has 114 valence electrons. The second-order valence-electron chi connectivity index (χ2n) is 6.12. The van der Waals surface area contributed by atoms with Gasteiger partial charge in [0.25, 0.3) is 5.56 Å². The molecule has 2 aliphatic rings. The van der Waals surface area contributed by atoms with Crippen LogP contribution in [0.1, 0.15) is 38.5 Å². The quantitative estimate of drug-likeness (QED) is 0.891. The standard InChI is InChI=1S/C15H21N3O3/c1-17-9-8-16-13(14(17)19)18-11-5-3-2-4-10(11)6-7-12(18)15(20)21/h8-12H,2-7H2,1H3,(H,20,21). The van der Waals surface area contributed by atoms with Gasteiger partial charge in [0.1, 0.15) is 6.04 Å². The van der Waals surface area contributed by atoms with Gasteiger partial charge in [0, 0.05) is 25.5 Å². The van der Waals surface area contributed by atoms with Crippen LogP contribution in [0.5, 0.6) is 0 Å². The van der Waals surface area contributed by atoms with Crippen LogP contribution in [0.2, 0.25) is 0 Å². The summed E-state index contributed by atoms with van der Waals surface area (Å²) in [6.07, 6.45) is 9.08. The van der Waals surface area contributed by atoms with Crippen LogP contribution in [-0.4, -0.2) is 32.7 Å². The first kappa shape index (κ1) is 14.1. The first-order valence-electron chi connectivity index (χ1n) is 7.62. The zero-order chi connectivity index (χ0) is 15.0. The molecule has 3 rings (SSSR count). The Morgan fingerprint density at radius 1 is 1.29 bits per heavy atom. The van der Waals surface area contributed by atoms with Gasteiger partial charge in [0.15, 0.2) is 5.82 Å². The van der Waals surface area contributed by atoms with E-state index in [2.05, 4.69) is 4.98 Å². The molecule has 1 saturated carbocycles. The smallest absolute Gasteiger partial charge is 0.326 e. The van der Waals surface area contributed by atoms with Gasteiger partial charge in [-0.05, 0) is 31.6 Å². The number of piperidine rings is 1. The van der Waals surface area contributed by atoms with Crippen LogP contribution < -0.4 is 10.5 Å². The summed E-state index contributed by atoms with van der Waals surface area (Å²) in [6, 6.07) is -0.497. The van der Waals surface area contributed by atoms with Crippen molar-refractivity contribution in [2.45, 2.75) is 50.6 Å². The maximum absolute atomic E-state index is 12.4. The lowest BCUT2D eigenvalue weighted by atomic mass is 9.76. The third-order valence-electron chi connectivity index (χ3n) is 4.90. The number of anilines is 1. The molecule has 1 saturated heterocycles. The Kier molecular flexibility index (Phi) is 3.69. The third kappa shape index (κ3) is 2.43. The van der Waals surface area contributed by atoms with Gasteiger partial charge in [-0.3, -0.25) is 4.79 Å². The van der Waals surface area contributed by atoms with Gasteiger partial charge < -0.3 is 14.6 Å². The fraction of sp³-hybridized carbons (Fsp3) is 0.667. The number of fused-ring (bicyclic) bond motifs is 1. The van der Waals surface area contributed by atoms with E-state index in [1.807, 2.05) is 0 Å². The molecule has 2 heterocycles. The number of carboxylic acid groups (broad SMARTS) is 1. The van der Waals surface area contributed by atoms with Crippen LogP contribution in [0.25, 0.3) is 0 Å². The van der Waals surface area contributed by atoms with Crippen LogP contribution in [0.3, 0.4) is 0 Å². The normalized spacial score (nSPS) is 29.0. The van der Waals surface area contributed by atoms with Crippen molar-refractivity contribution in [1.82, 2.24) is 9.55 Å². The minimum atomic E-state index is -0.855. The number of rotatable bonds is 2. The van der Waals surface area contributed by atoms with Gasteiger partial charge in [-0.15, -0.1) is 0 Å². The number of aromatic nitrogens is 2. The van der Waals surface area contributed by atoms with Crippen molar-refractivity contribution in [1.29, 1.82) is 0 Å². The molecule has 1 aromatic heterocycles. The average Bonchev–Trinajstić information content (AvgIpc) is 2.49. The van der Waals surface area contributed by atoms with Gasteiger partial charge in [-0.2, -0.15) is 0 Å². The minimum Gasteiger partial charge on any atom is -0.480 e. The van der Waals surface area contributed by atoms with Crippen molar-refractivity contribution in [3.05, 3.63) is 22.7 Å². The van der Waals surface area contributed by atoms with Gasteiger partial charge in [0.05, 0.1) is 0 Å². The van der Waals surface area contributed by atoms with E-state index in [0.29, 0.717) is 18.2 Å². The highest BCUT2D eigenvalue weighted by Gasteiger charge is 2.42. The minimum absolute atomic E-state index is 0.135. The molecule has 0 spiro atoms. The fourth-order valence-corrected chi connectivity index (χ4v) is 3.84. The molecule has 0 aromatic carbocycles. The predicted molar refractivity (Wildman–Crippen MR) is 78.4 cm³/mol. The largest absolute Gasteiger partial charge is 0.480 e. The Bertz CT molecular complexity index is 598. The van der Waals surface area contributed by atoms with E-state index in [1.54, 1.807) is 24.3 Å². The summed E-state index contributed by atoms with van der Waals surface area (Å²) in [6.45, 7) is 0. The van der Waals surface area contributed by atoms with Gasteiger partial charge in [0.2, 0.25) is 0 Å². The molecule has 0 bridgehead atoms. The Hall–Kier alpha value is -1.85. The second-order valence-corrected chi connectivity index (χ2v) is 6.12. The molecule has 1 N–H and O–H groups in total. The number of aliphatic carboxylic acids is 1. The number of carbonyl (C=O) groups is 1. The van der Waals surface area contributed by atoms with Crippen molar-refractivity contribution in [2.24, 2.45) is 13.0 Å². The van der Waals surface area contributed by atoms with Crippen molar-refractivity contribution >= 4 is 11.8 Å². The lowest BCUT2D eigenvalue weighted by Gasteiger charge is -2.47. The van der Waals surface area contributed by atoms with Crippen molar-refractivity contribution in [3.8, 4) is 0 Å². The van der Waals surface area contributed by atoms with E-state index in [-0.39, 0.29) is 11.6 Å². The van der Waals surface area contributed by atoms with E-state index in [1.165, 1.54) is 11.0 Å². The zero-order valence-electron chi connectivity index (χ0n) is 12.2. The number of hydrogen-bond acceptors (Lipinski definition) is 4. The topological polar surface area (TPSA) is 75.4 Å². The zero-order valence-corrected chi connectivity index (χ0v) is 12.2. The Morgan fingerprint density at radius 2 is 2.05 bits per heavy atom. The van der Waals surface area contributed by atoms with Crippen LogP contribution in [-0.2, 0) is 11.8 Å². The summed E-state index contributed by atoms with van der Waals surface area (Å²) in [4.78, 5) is 30.0. The molecule has 0 amide bonds. The van der Waals surface area contributed by atoms with Gasteiger partial charge >= 0.3 is 5.97 Å². The Balaban J connectivity index is 2.05. The number of carboxylic acids is 1. The molecular weight excluding hydrogens is 270 g/mol. The SMILES string of the molecule is Cn1ccnc(N2C(C(=O)O)CCC3CCCCC32)c1=O. The van der Waals surface area contributed by atoms with E-state index >= 15 is 0 Å².